The van der Waals surface area contributed by atoms with E-state index in [0.29, 0.717) is 0 Å². The highest BCUT2D eigenvalue weighted by atomic mass is 16.1. The van der Waals surface area contributed by atoms with Gasteiger partial charge in [0.25, 0.3) is 0 Å². The lowest BCUT2D eigenvalue weighted by Gasteiger charge is -2.31. The van der Waals surface area contributed by atoms with E-state index in [2.05, 4.69) is 31.0 Å². The first-order valence-electron chi connectivity index (χ1n) is 7.21. The number of H-pyrrole nitrogens is 1. The van der Waals surface area contributed by atoms with Crippen molar-refractivity contribution in [2.75, 3.05) is 0 Å². The molecule has 3 heteroatoms. The molecule has 0 amide bonds. The molecule has 20 heavy (non-hydrogen) atoms. The van der Waals surface area contributed by atoms with Crippen LogP contribution in [0.5, 0.6) is 0 Å². The van der Waals surface area contributed by atoms with Gasteiger partial charge < -0.3 is 10.7 Å². The number of nitrogens with two attached hydrogens (primary N) is 1. The van der Waals surface area contributed by atoms with Crippen LogP contribution in [0.15, 0.2) is 40.2 Å². The van der Waals surface area contributed by atoms with Crippen molar-refractivity contribution in [2.45, 2.75) is 52.0 Å². The van der Waals surface area contributed by atoms with Crippen LogP contribution in [-0.4, -0.2) is 4.98 Å². The van der Waals surface area contributed by atoms with Crippen LogP contribution < -0.4 is 11.3 Å². The van der Waals surface area contributed by atoms with E-state index in [1.165, 1.54) is 11.1 Å². The number of pyridine rings is 1. The topological polar surface area (TPSA) is 58.9 Å². The third kappa shape index (κ3) is 2.63. The number of nitrogens with one attached hydrogen (secondary N) is 1. The summed E-state index contributed by atoms with van der Waals surface area (Å²) in [5.41, 5.74) is 10.5. The zero-order valence-electron chi connectivity index (χ0n) is 12.8. The van der Waals surface area contributed by atoms with Crippen LogP contribution in [0.2, 0.25) is 0 Å². The second-order valence-corrected chi connectivity index (χ2v) is 5.97. The molecule has 0 aliphatic heterocycles. The number of fused-ring (bicyclic) bond motifs is 1. The zero-order chi connectivity index (χ0) is 14.9. The van der Waals surface area contributed by atoms with Gasteiger partial charge in [0.05, 0.1) is 5.54 Å². The van der Waals surface area contributed by atoms with Gasteiger partial charge in [-0.2, -0.15) is 0 Å². The third-order valence-electron chi connectivity index (χ3n) is 4.30. The van der Waals surface area contributed by atoms with Crippen LogP contribution in [0.3, 0.4) is 0 Å². The summed E-state index contributed by atoms with van der Waals surface area (Å²) in [6, 6.07) is 3.45. The van der Waals surface area contributed by atoms with Gasteiger partial charge in [-0.1, -0.05) is 30.2 Å². The van der Waals surface area contributed by atoms with Gasteiger partial charge in [0.2, 0.25) is 5.56 Å². The minimum absolute atomic E-state index is 0.0706. The summed E-state index contributed by atoms with van der Waals surface area (Å²) in [4.78, 5) is 14.7. The Hall–Kier alpha value is -1.61. The van der Waals surface area contributed by atoms with Gasteiger partial charge in [0.1, 0.15) is 0 Å². The van der Waals surface area contributed by atoms with Gasteiger partial charge in [0, 0.05) is 17.7 Å². The molecule has 108 valence electrons. The molecule has 0 saturated heterocycles. The molecule has 2 unspecified atom stereocenters. The lowest BCUT2D eigenvalue weighted by Crippen LogP contribution is -2.37. The molecule has 2 atom stereocenters. The Morgan fingerprint density at radius 1 is 1.40 bits per heavy atom. The molecule has 1 heterocycles. The minimum atomic E-state index is -0.541. The predicted molar refractivity (Wildman–Crippen MR) is 83.8 cm³/mol. The standard InChI is InChI=1S/C17H24N2O/c1-5-13-7-6-11(2)10-12(3)16-14(17(13,4)18)8-9-15(20)19-16/h5,8-10,12H,6-7,18H2,1-4H3,(H,19,20)/b11-10+,13-5-. The second-order valence-electron chi connectivity index (χ2n) is 5.97. The quantitative estimate of drug-likeness (QED) is 0.712. The van der Waals surface area contributed by atoms with Crippen LogP contribution in [0.1, 0.15) is 57.7 Å². The maximum absolute atomic E-state index is 11.7. The van der Waals surface area contributed by atoms with Crippen molar-refractivity contribution >= 4 is 0 Å². The molecule has 0 saturated carbocycles. The molecule has 0 radical (unpaired) electrons. The van der Waals surface area contributed by atoms with Crippen molar-refractivity contribution in [3.63, 3.8) is 0 Å². The summed E-state index contributed by atoms with van der Waals surface area (Å²) in [7, 11) is 0. The van der Waals surface area contributed by atoms with Crippen molar-refractivity contribution in [1.29, 1.82) is 0 Å². The monoisotopic (exact) mass is 272 g/mol. The normalized spacial score (nSPS) is 31.8. The highest BCUT2D eigenvalue weighted by Gasteiger charge is 2.30. The fourth-order valence-corrected chi connectivity index (χ4v) is 3.10. The number of aromatic amines is 1. The summed E-state index contributed by atoms with van der Waals surface area (Å²) in [5, 5.41) is 0. The Labute approximate surface area is 120 Å². The number of allylic oxidation sites excluding steroid dienone is 3. The van der Waals surface area contributed by atoms with Gasteiger partial charge in [-0.15, -0.1) is 0 Å². The van der Waals surface area contributed by atoms with Crippen LogP contribution in [0.4, 0.5) is 0 Å². The average molecular weight is 272 g/mol. The van der Waals surface area contributed by atoms with Crippen molar-refractivity contribution in [1.82, 2.24) is 4.98 Å². The van der Waals surface area contributed by atoms with Gasteiger partial charge >= 0.3 is 0 Å². The lowest BCUT2D eigenvalue weighted by molar-refractivity contribution is 0.548. The molecule has 0 spiro atoms. The summed E-state index contributed by atoms with van der Waals surface area (Å²) < 4.78 is 0. The van der Waals surface area contributed by atoms with E-state index in [1.54, 1.807) is 6.07 Å². The van der Waals surface area contributed by atoms with Gasteiger partial charge in [-0.05, 0) is 45.2 Å². The number of hydrogen-bond acceptors (Lipinski definition) is 2. The molecule has 0 fully saturated rings. The fourth-order valence-electron chi connectivity index (χ4n) is 3.10. The molecular formula is C17H24N2O. The van der Waals surface area contributed by atoms with Crippen molar-refractivity contribution < 1.29 is 0 Å². The van der Waals surface area contributed by atoms with E-state index in [9.17, 15) is 4.79 Å². The molecule has 1 aliphatic carbocycles. The van der Waals surface area contributed by atoms with E-state index in [-0.39, 0.29) is 11.5 Å². The zero-order valence-corrected chi connectivity index (χ0v) is 12.8. The highest BCUT2D eigenvalue weighted by molar-refractivity contribution is 5.40. The van der Waals surface area contributed by atoms with Gasteiger partial charge in [-0.3, -0.25) is 4.79 Å². The molecule has 1 aliphatic rings. The predicted octanol–water partition coefficient (Wildman–Crippen LogP) is 3.34. The van der Waals surface area contributed by atoms with E-state index in [4.69, 9.17) is 5.73 Å². The van der Waals surface area contributed by atoms with Crippen LogP contribution in [0.25, 0.3) is 0 Å². The Kier molecular flexibility index (Phi) is 4.00. The van der Waals surface area contributed by atoms with E-state index >= 15 is 0 Å². The Morgan fingerprint density at radius 2 is 2.10 bits per heavy atom. The Morgan fingerprint density at radius 3 is 2.75 bits per heavy atom. The summed E-state index contributed by atoms with van der Waals surface area (Å²) in [6.07, 6.45) is 6.30. The molecule has 2 rings (SSSR count). The Balaban J connectivity index is 2.72. The van der Waals surface area contributed by atoms with E-state index in [1.807, 2.05) is 19.9 Å². The third-order valence-corrected chi connectivity index (χ3v) is 4.30. The maximum atomic E-state index is 11.7. The van der Waals surface area contributed by atoms with E-state index < -0.39 is 5.54 Å². The number of aromatic nitrogens is 1. The van der Waals surface area contributed by atoms with Crippen molar-refractivity contribution in [2.24, 2.45) is 5.73 Å². The van der Waals surface area contributed by atoms with Gasteiger partial charge in [0.15, 0.2) is 0 Å². The molecule has 0 aromatic carbocycles. The lowest BCUT2D eigenvalue weighted by atomic mass is 9.81. The largest absolute Gasteiger partial charge is 0.325 e. The maximum Gasteiger partial charge on any atom is 0.248 e. The fraction of sp³-hybridized carbons (Fsp3) is 0.471. The van der Waals surface area contributed by atoms with E-state index in [0.717, 1.165) is 24.1 Å². The molecule has 1 aromatic heterocycles. The van der Waals surface area contributed by atoms with Crippen molar-refractivity contribution in [3.8, 4) is 0 Å². The minimum Gasteiger partial charge on any atom is -0.325 e. The number of hydrogen-bond donors (Lipinski definition) is 2. The highest BCUT2D eigenvalue weighted by Crippen LogP contribution is 2.36. The molecule has 0 bridgehead atoms. The second kappa shape index (κ2) is 5.41. The average Bonchev–Trinajstić information content (AvgIpc) is 2.40. The first kappa shape index (κ1) is 14.8. The molecule has 1 aromatic rings. The molecule has 3 nitrogen and oxygen atoms in total. The van der Waals surface area contributed by atoms with Crippen molar-refractivity contribution in [3.05, 3.63) is 57.0 Å². The summed E-state index contributed by atoms with van der Waals surface area (Å²) >= 11 is 0. The molecule has 3 N–H and O–H groups in total. The summed E-state index contributed by atoms with van der Waals surface area (Å²) in [5.74, 6) is 0.165. The first-order valence-corrected chi connectivity index (χ1v) is 7.21. The van der Waals surface area contributed by atoms with Crippen LogP contribution in [-0.2, 0) is 5.54 Å². The molecular weight excluding hydrogens is 248 g/mol. The van der Waals surface area contributed by atoms with Crippen LogP contribution in [0, 0.1) is 0 Å². The summed E-state index contributed by atoms with van der Waals surface area (Å²) in [6.45, 7) is 8.32. The Bertz CT molecular complexity index is 620. The van der Waals surface area contributed by atoms with Crippen LogP contribution >= 0.6 is 0 Å². The SMILES string of the molecule is C/C=C1/CC/C(C)=C/C(C)c2[nH]c(=O)ccc2C1(C)N. The smallest absolute Gasteiger partial charge is 0.248 e. The number of rotatable bonds is 0. The van der Waals surface area contributed by atoms with Gasteiger partial charge in [-0.25, -0.2) is 0 Å². The first-order chi connectivity index (χ1) is 9.36.